The standard InChI is InChI=1S/C16H33N3O2/c1-12(2)19(15(20)21-16(3,4)5)11-10-18-14-8-6-13(17)7-9-14/h12-14,18H,6-11,17H2,1-5H3. The Morgan fingerprint density at radius 3 is 2.33 bits per heavy atom. The monoisotopic (exact) mass is 299 g/mol. The summed E-state index contributed by atoms with van der Waals surface area (Å²) in [7, 11) is 0. The molecule has 0 unspecified atom stereocenters. The first-order valence-electron chi connectivity index (χ1n) is 8.17. The molecule has 0 saturated heterocycles. The van der Waals surface area contributed by atoms with Gasteiger partial charge in [0.05, 0.1) is 0 Å². The van der Waals surface area contributed by atoms with Crippen LogP contribution in [0.1, 0.15) is 60.3 Å². The Morgan fingerprint density at radius 1 is 1.29 bits per heavy atom. The van der Waals surface area contributed by atoms with Crippen LogP contribution in [0.3, 0.4) is 0 Å². The molecule has 1 saturated carbocycles. The van der Waals surface area contributed by atoms with Gasteiger partial charge in [-0.05, 0) is 60.3 Å². The van der Waals surface area contributed by atoms with Gasteiger partial charge in [0, 0.05) is 31.2 Å². The lowest BCUT2D eigenvalue weighted by Gasteiger charge is -2.31. The normalized spacial score (nSPS) is 23.2. The van der Waals surface area contributed by atoms with E-state index in [-0.39, 0.29) is 12.1 Å². The molecule has 1 aliphatic rings. The maximum atomic E-state index is 12.2. The number of amides is 1. The highest BCUT2D eigenvalue weighted by atomic mass is 16.6. The molecular weight excluding hydrogens is 266 g/mol. The fraction of sp³-hybridized carbons (Fsp3) is 0.938. The van der Waals surface area contributed by atoms with Gasteiger partial charge in [-0.1, -0.05) is 0 Å². The van der Waals surface area contributed by atoms with Crippen LogP contribution in [-0.2, 0) is 4.74 Å². The van der Waals surface area contributed by atoms with Crippen LogP contribution in [0.25, 0.3) is 0 Å². The maximum Gasteiger partial charge on any atom is 0.410 e. The molecule has 0 aliphatic heterocycles. The lowest BCUT2D eigenvalue weighted by molar-refractivity contribution is 0.0191. The lowest BCUT2D eigenvalue weighted by Crippen LogP contribution is -2.46. The molecule has 124 valence electrons. The van der Waals surface area contributed by atoms with E-state index >= 15 is 0 Å². The fourth-order valence-corrected chi connectivity index (χ4v) is 2.59. The summed E-state index contributed by atoms with van der Waals surface area (Å²) in [6.07, 6.45) is 4.23. The second-order valence-corrected chi connectivity index (χ2v) is 7.33. The zero-order valence-corrected chi connectivity index (χ0v) is 14.3. The van der Waals surface area contributed by atoms with E-state index in [0.717, 1.165) is 32.2 Å². The molecule has 1 amide bonds. The molecule has 3 N–H and O–H groups in total. The molecule has 5 nitrogen and oxygen atoms in total. The molecule has 0 heterocycles. The van der Waals surface area contributed by atoms with Crippen LogP contribution in [0.4, 0.5) is 4.79 Å². The summed E-state index contributed by atoms with van der Waals surface area (Å²) in [6, 6.07) is 1.05. The molecule has 0 aromatic heterocycles. The number of nitrogens with one attached hydrogen (secondary N) is 1. The largest absolute Gasteiger partial charge is 0.444 e. The minimum atomic E-state index is -0.447. The summed E-state index contributed by atoms with van der Waals surface area (Å²) >= 11 is 0. The predicted octanol–water partition coefficient (Wildman–Crippen LogP) is 2.49. The van der Waals surface area contributed by atoms with Crippen LogP contribution in [0.15, 0.2) is 0 Å². The maximum absolute atomic E-state index is 12.2. The minimum absolute atomic E-state index is 0.140. The number of nitrogens with zero attached hydrogens (tertiary/aromatic N) is 1. The van der Waals surface area contributed by atoms with Gasteiger partial charge in [-0.2, -0.15) is 0 Å². The van der Waals surface area contributed by atoms with Crippen molar-refractivity contribution >= 4 is 6.09 Å². The number of hydrogen-bond donors (Lipinski definition) is 2. The summed E-state index contributed by atoms with van der Waals surface area (Å²) in [4.78, 5) is 14.0. The summed E-state index contributed by atoms with van der Waals surface area (Å²) in [5, 5.41) is 3.54. The third kappa shape index (κ3) is 7.14. The molecular formula is C16H33N3O2. The van der Waals surface area contributed by atoms with E-state index in [1.165, 1.54) is 0 Å². The van der Waals surface area contributed by atoms with E-state index in [4.69, 9.17) is 10.5 Å². The van der Waals surface area contributed by atoms with Gasteiger partial charge in [-0.3, -0.25) is 0 Å². The second-order valence-electron chi connectivity index (χ2n) is 7.33. The average molecular weight is 299 g/mol. The van der Waals surface area contributed by atoms with E-state index in [1.54, 1.807) is 4.90 Å². The number of carbonyl (C=O) groups excluding carboxylic acids is 1. The fourth-order valence-electron chi connectivity index (χ4n) is 2.59. The summed E-state index contributed by atoms with van der Waals surface area (Å²) in [5.74, 6) is 0. The Bertz CT molecular complexity index is 318. The van der Waals surface area contributed by atoms with Crippen LogP contribution < -0.4 is 11.1 Å². The summed E-state index contributed by atoms with van der Waals surface area (Å²) in [6.45, 7) is 11.2. The first-order valence-corrected chi connectivity index (χ1v) is 8.17. The van der Waals surface area contributed by atoms with Crippen molar-refractivity contribution in [3.05, 3.63) is 0 Å². The molecule has 21 heavy (non-hydrogen) atoms. The van der Waals surface area contributed by atoms with Crippen molar-refractivity contribution in [2.75, 3.05) is 13.1 Å². The lowest BCUT2D eigenvalue weighted by atomic mass is 9.92. The van der Waals surface area contributed by atoms with Crippen LogP contribution in [0.2, 0.25) is 0 Å². The summed E-state index contributed by atoms with van der Waals surface area (Å²) in [5.41, 5.74) is 5.47. The van der Waals surface area contributed by atoms with Crippen LogP contribution in [-0.4, -0.2) is 47.8 Å². The second kappa shape index (κ2) is 7.99. The molecule has 0 aromatic carbocycles. The van der Waals surface area contributed by atoms with E-state index in [9.17, 15) is 4.79 Å². The first kappa shape index (κ1) is 18.2. The van der Waals surface area contributed by atoms with Crippen LogP contribution in [0.5, 0.6) is 0 Å². The van der Waals surface area contributed by atoms with Crippen LogP contribution >= 0.6 is 0 Å². The van der Waals surface area contributed by atoms with Gasteiger partial charge < -0.3 is 20.7 Å². The van der Waals surface area contributed by atoms with E-state index in [1.807, 2.05) is 34.6 Å². The van der Waals surface area contributed by atoms with Crippen molar-refractivity contribution in [2.45, 2.75) is 84.0 Å². The SMILES string of the molecule is CC(C)N(CCNC1CCC(N)CC1)C(=O)OC(C)(C)C. The van der Waals surface area contributed by atoms with Crippen molar-refractivity contribution in [2.24, 2.45) is 5.73 Å². The van der Waals surface area contributed by atoms with Gasteiger partial charge in [0.2, 0.25) is 0 Å². The highest BCUT2D eigenvalue weighted by molar-refractivity contribution is 5.68. The Hall–Kier alpha value is -0.810. The predicted molar refractivity (Wildman–Crippen MR) is 86.3 cm³/mol. The Labute approximate surface area is 129 Å². The van der Waals surface area contributed by atoms with Gasteiger partial charge in [-0.15, -0.1) is 0 Å². The highest BCUT2D eigenvalue weighted by Gasteiger charge is 2.24. The highest BCUT2D eigenvalue weighted by Crippen LogP contribution is 2.17. The zero-order chi connectivity index (χ0) is 16.0. The van der Waals surface area contributed by atoms with Crippen molar-refractivity contribution < 1.29 is 9.53 Å². The Balaban J connectivity index is 2.36. The van der Waals surface area contributed by atoms with E-state index < -0.39 is 5.60 Å². The molecule has 1 rings (SSSR count). The van der Waals surface area contributed by atoms with Crippen molar-refractivity contribution in [3.63, 3.8) is 0 Å². The summed E-state index contributed by atoms with van der Waals surface area (Å²) < 4.78 is 5.46. The van der Waals surface area contributed by atoms with Crippen molar-refractivity contribution in [3.8, 4) is 0 Å². The zero-order valence-electron chi connectivity index (χ0n) is 14.3. The van der Waals surface area contributed by atoms with Gasteiger partial charge >= 0.3 is 6.09 Å². The number of nitrogens with two attached hydrogens (primary N) is 1. The third-order valence-corrected chi connectivity index (χ3v) is 3.81. The first-order chi connectivity index (χ1) is 9.69. The number of rotatable bonds is 5. The molecule has 0 atom stereocenters. The molecule has 5 heteroatoms. The number of carbonyl (C=O) groups is 1. The Kier molecular flexibility index (Phi) is 6.94. The number of hydrogen-bond acceptors (Lipinski definition) is 4. The van der Waals surface area contributed by atoms with E-state index in [0.29, 0.717) is 18.6 Å². The minimum Gasteiger partial charge on any atom is -0.444 e. The molecule has 0 radical (unpaired) electrons. The topological polar surface area (TPSA) is 67.6 Å². The molecule has 0 aromatic rings. The molecule has 1 aliphatic carbocycles. The number of ether oxygens (including phenoxy) is 1. The van der Waals surface area contributed by atoms with Gasteiger partial charge in [0.15, 0.2) is 0 Å². The molecule has 0 spiro atoms. The van der Waals surface area contributed by atoms with Gasteiger partial charge in [0.1, 0.15) is 5.60 Å². The third-order valence-electron chi connectivity index (χ3n) is 3.81. The van der Waals surface area contributed by atoms with Crippen molar-refractivity contribution in [1.29, 1.82) is 0 Å². The average Bonchev–Trinajstić information content (AvgIpc) is 2.34. The van der Waals surface area contributed by atoms with Gasteiger partial charge in [0.25, 0.3) is 0 Å². The van der Waals surface area contributed by atoms with Gasteiger partial charge in [-0.25, -0.2) is 4.79 Å². The quantitative estimate of drug-likeness (QED) is 0.818. The molecule has 0 bridgehead atoms. The van der Waals surface area contributed by atoms with E-state index in [2.05, 4.69) is 5.32 Å². The Morgan fingerprint density at radius 2 is 1.86 bits per heavy atom. The van der Waals surface area contributed by atoms with Crippen molar-refractivity contribution in [1.82, 2.24) is 10.2 Å². The molecule has 1 fully saturated rings. The van der Waals surface area contributed by atoms with Crippen LogP contribution in [0, 0.1) is 0 Å². The smallest absolute Gasteiger partial charge is 0.410 e.